The summed E-state index contributed by atoms with van der Waals surface area (Å²) < 4.78 is 38.4. The van der Waals surface area contributed by atoms with Gasteiger partial charge in [-0.1, -0.05) is 18.2 Å². The van der Waals surface area contributed by atoms with Crippen LogP contribution in [0.5, 0.6) is 5.75 Å². The van der Waals surface area contributed by atoms with Crippen molar-refractivity contribution >= 4 is 21.6 Å². The minimum Gasteiger partial charge on any atom is -0.484 e. The summed E-state index contributed by atoms with van der Waals surface area (Å²) in [6.45, 7) is 6.23. The normalized spacial score (nSPS) is 14.8. The minimum atomic E-state index is -3.71. The molecule has 1 aliphatic rings. The molecule has 3 rings (SSSR count). The molecule has 9 heteroatoms. The van der Waals surface area contributed by atoms with Gasteiger partial charge in [0, 0.05) is 26.2 Å². The molecule has 0 aromatic heterocycles. The molecule has 0 saturated carbocycles. The minimum absolute atomic E-state index is 0.119. The lowest BCUT2D eigenvalue weighted by atomic mass is 10.2. The van der Waals surface area contributed by atoms with E-state index in [1.807, 2.05) is 19.1 Å². The summed E-state index contributed by atoms with van der Waals surface area (Å²) in [6, 6.07) is 13.1. The van der Waals surface area contributed by atoms with Crippen molar-refractivity contribution in [2.24, 2.45) is 0 Å². The highest BCUT2D eigenvalue weighted by molar-refractivity contribution is 7.92. The Bertz CT molecular complexity index is 941. The molecule has 2 N–H and O–H groups in total. The highest BCUT2D eigenvalue weighted by Crippen LogP contribution is 2.21. The summed E-state index contributed by atoms with van der Waals surface area (Å²) in [5, 5.41) is 2.82. The molecule has 0 radical (unpaired) electrons. The van der Waals surface area contributed by atoms with Crippen molar-refractivity contribution in [3.63, 3.8) is 0 Å². The standard InChI is InChI=1S/C21H27N3O5S/c1-17-4-2-3-5-20(17)23-30(26,27)19-8-6-18(7-9-19)29-16-21(25)22-10-11-24-12-14-28-15-13-24/h2-9,23H,10-16H2,1H3,(H,22,25). The quantitative estimate of drug-likeness (QED) is 0.624. The molecule has 1 amide bonds. The SMILES string of the molecule is Cc1ccccc1NS(=O)(=O)c1ccc(OCC(=O)NCCN2CCOCC2)cc1. The number of ether oxygens (including phenoxy) is 2. The van der Waals surface area contributed by atoms with Crippen LogP contribution in [-0.4, -0.2) is 65.2 Å². The highest BCUT2D eigenvalue weighted by atomic mass is 32.2. The molecular weight excluding hydrogens is 406 g/mol. The fourth-order valence-electron chi connectivity index (χ4n) is 2.98. The second-order valence-corrected chi connectivity index (χ2v) is 8.67. The van der Waals surface area contributed by atoms with Gasteiger partial charge in [-0.2, -0.15) is 0 Å². The van der Waals surface area contributed by atoms with Crippen LogP contribution in [0.15, 0.2) is 53.4 Å². The van der Waals surface area contributed by atoms with Crippen LogP contribution in [0.2, 0.25) is 0 Å². The molecular formula is C21H27N3O5S. The Hall–Kier alpha value is -2.62. The third-order valence-electron chi connectivity index (χ3n) is 4.75. The van der Waals surface area contributed by atoms with E-state index in [4.69, 9.17) is 9.47 Å². The summed E-state index contributed by atoms with van der Waals surface area (Å²) in [4.78, 5) is 14.3. The first-order chi connectivity index (χ1) is 14.4. The zero-order valence-corrected chi connectivity index (χ0v) is 17.8. The van der Waals surface area contributed by atoms with Crippen molar-refractivity contribution < 1.29 is 22.7 Å². The van der Waals surface area contributed by atoms with Gasteiger partial charge in [0.2, 0.25) is 0 Å². The third-order valence-corrected chi connectivity index (χ3v) is 6.13. The van der Waals surface area contributed by atoms with E-state index in [2.05, 4.69) is 14.9 Å². The van der Waals surface area contributed by atoms with Gasteiger partial charge in [0.25, 0.3) is 15.9 Å². The number of carbonyl (C=O) groups excluding carboxylic acids is 1. The van der Waals surface area contributed by atoms with Crippen LogP contribution >= 0.6 is 0 Å². The van der Waals surface area contributed by atoms with Gasteiger partial charge < -0.3 is 14.8 Å². The van der Waals surface area contributed by atoms with Crippen molar-refractivity contribution in [3.05, 3.63) is 54.1 Å². The van der Waals surface area contributed by atoms with Gasteiger partial charge in [0.1, 0.15) is 5.75 Å². The zero-order valence-electron chi connectivity index (χ0n) is 17.0. The number of hydrogen-bond acceptors (Lipinski definition) is 6. The van der Waals surface area contributed by atoms with Crippen LogP contribution < -0.4 is 14.8 Å². The zero-order chi connectivity index (χ0) is 21.4. The lowest BCUT2D eigenvalue weighted by Gasteiger charge is -2.26. The van der Waals surface area contributed by atoms with Crippen LogP contribution in [0.25, 0.3) is 0 Å². The third kappa shape index (κ3) is 6.45. The maximum Gasteiger partial charge on any atom is 0.261 e. The van der Waals surface area contributed by atoms with Crippen LogP contribution in [-0.2, 0) is 19.6 Å². The second-order valence-electron chi connectivity index (χ2n) is 6.98. The summed E-state index contributed by atoms with van der Waals surface area (Å²) >= 11 is 0. The molecule has 0 spiro atoms. The van der Waals surface area contributed by atoms with Gasteiger partial charge in [-0.05, 0) is 42.8 Å². The Morgan fingerprint density at radius 3 is 2.50 bits per heavy atom. The molecule has 30 heavy (non-hydrogen) atoms. The number of para-hydroxylation sites is 1. The summed E-state index contributed by atoms with van der Waals surface area (Å²) in [7, 11) is -3.71. The Morgan fingerprint density at radius 1 is 1.10 bits per heavy atom. The molecule has 162 valence electrons. The predicted octanol–water partition coefficient (Wildman–Crippen LogP) is 1.62. The molecule has 0 bridgehead atoms. The van der Waals surface area contributed by atoms with Crippen LogP contribution in [0, 0.1) is 6.92 Å². The monoisotopic (exact) mass is 433 g/mol. The molecule has 1 heterocycles. The lowest BCUT2D eigenvalue weighted by molar-refractivity contribution is -0.123. The van der Waals surface area contributed by atoms with Crippen molar-refractivity contribution in [2.75, 3.05) is 50.7 Å². The molecule has 0 aliphatic carbocycles. The number of rotatable bonds is 9. The average molecular weight is 434 g/mol. The average Bonchev–Trinajstić information content (AvgIpc) is 2.75. The summed E-state index contributed by atoms with van der Waals surface area (Å²) in [6.07, 6.45) is 0. The first kappa shape index (κ1) is 22.1. The molecule has 1 aliphatic heterocycles. The van der Waals surface area contributed by atoms with Gasteiger partial charge in [0.15, 0.2) is 6.61 Å². The summed E-state index contributed by atoms with van der Waals surface area (Å²) in [5.41, 5.74) is 1.37. The lowest BCUT2D eigenvalue weighted by Crippen LogP contribution is -2.42. The van der Waals surface area contributed by atoms with Gasteiger partial charge in [-0.15, -0.1) is 0 Å². The van der Waals surface area contributed by atoms with E-state index in [-0.39, 0.29) is 17.4 Å². The van der Waals surface area contributed by atoms with E-state index in [1.165, 1.54) is 24.3 Å². The number of morpholine rings is 1. The largest absolute Gasteiger partial charge is 0.484 e. The van der Waals surface area contributed by atoms with Crippen LogP contribution in [0.3, 0.4) is 0 Å². The number of carbonyl (C=O) groups is 1. The maximum atomic E-state index is 12.6. The van der Waals surface area contributed by atoms with Gasteiger partial charge >= 0.3 is 0 Å². The van der Waals surface area contributed by atoms with Crippen molar-refractivity contribution in [2.45, 2.75) is 11.8 Å². The fraction of sp³-hybridized carbons (Fsp3) is 0.381. The fourth-order valence-corrected chi connectivity index (χ4v) is 4.12. The maximum absolute atomic E-state index is 12.6. The van der Waals surface area contributed by atoms with E-state index in [1.54, 1.807) is 12.1 Å². The highest BCUT2D eigenvalue weighted by Gasteiger charge is 2.15. The van der Waals surface area contributed by atoms with E-state index < -0.39 is 10.0 Å². The van der Waals surface area contributed by atoms with Gasteiger partial charge in [-0.3, -0.25) is 14.4 Å². The Balaban J connectivity index is 1.45. The number of nitrogens with one attached hydrogen (secondary N) is 2. The molecule has 0 unspecified atom stereocenters. The van der Waals surface area contributed by atoms with E-state index in [0.29, 0.717) is 18.0 Å². The molecule has 0 atom stereocenters. The number of aryl methyl sites for hydroxylation is 1. The van der Waals surface area contributed by atoms with Gasteiger partial charge in [-0.25, -0.2) is 8.42 Å². The van der Waals surface area contributed by atoms with Crippen LogP contribution in [0.1, 0.15) is 5.56 Å². The van der Waals surface area contributed by atoms with E-state index >= 15 is 0 Å². The Morgan fingerprint density at radius 2 is 1.80 bits per heavy atom. The first-order valence-corrected chi connectivity index (χ1v) is 11.3. The number of amides is 1. The molecule has 1 fully saturated rings. The number of nitrogens with zero attached hydrogens (tertiary/aromatic N) is 1. The number of anilines is 1. The molecule has 2 aromatic rings. The first-order valence-electron chi connectivity index (χ1n) is 9.82. The van der Waals surface area contributed by atoms with Crippen LogP contribution in [0.4, 0.5) is 5.69 Å². The van der Waals surface area contributed by atoms with Crippen molar-refractivity contribution in [3.8, 4) is 5.75 Å². The van der Waals surface area contributed by atoms with E-state index in [0.717, 1.165) is 38.4 Å². The predicted molar refractivity (Wildman–Crippen MR) is 114 cm³/mol. The Labute approximate surface area is 177 Å². The smallest absolute Gasteiger partial charge is 0.261 e. The number of sulfonamides is 1. The van der Waals surface area contributed by atoms with Crippen molar-refractivity contribution in [1.29, 1.82) is 0 Å². The van der Waals surface area contributed by atoms with E-state index in [9.17, 15) is 13.2 Å². The topological polar surface area (TPSA) is 97.0 Å². The molecule has 2 aromatic carbocycles. The second kappa shape index (κ2) is 10.4. The number of benzene rings is 2. The molecule has 1 saturated heterocycles. The molecule has 8 nitrogen and oxygen atoms in total. The van der Waals surface area contributed by atoms with Crippen molar-refractivity contribution in [1.82, 2.24) is 10.2 Å². The van der Waals surface area contributed by atoms with Gasteiger partial charge in [0.05, 0.1) is 23.8 Å². The Kier molecular flexibility index (Phi) is 7.67. The summed E-state index contributed by atoms with van der Waals surface area (Å²) in [5.74, 6) is 0.203. The number of hydrogen-bond donors (Lipinski definition) is 2.